The fourth-order valence-corrected chi connectivity index (χ4v) is 3.17. The molecule has 0 heterocycles. The molecule has 6 nitrogen and oxygen atoms in total. The number of fused-ring (bicyclic) bond motifs is 2. The molecule has 0 aromatic heterocycles. The van der Waals surface area contributed by atoms with Crippen LogP contribution in [0.1, 0.15) is 27.7 Å². The first-order valence-corrected chi connectivity index (χ1v) is 11.8. The molecular weight excluding hydrogens is 456 g/mol. The highest BCUT2D eigenvalue weighted by atomic mass is 16.5. The Bertz CT molecular complexity index is 1070. The first kappa shape index (κ1) is 32.3. The second-order valence-electron chi connectivity index (χ2n) is 6.71. The van der Waals surface area contributed by atoms with E-state index in [0.717, 1.165) is 0 Å². The van der Waals surface area contributed by atoms with Gasteiger partial charge in [0.1, 0.15) is 13.2 Å². The highest BCUT2D eigenvalue weighted by Crippen LogP contribution is 2.33. The zero-order valence-electron chi connectivity index (χ0n) is 22.0. The van der Waals surface area contributed by atoms with Crippen LogP contribution in [-0.2, 0) is 19.1 Å². The van der Waals surface area contributed by atoms with Gasteiger partial charge in [-0.1, -0.05) is 113 Å². The van der Waals surface area contributed by atoms with Crippen LogP contribution in [0.4, 0.5) is 0 Å². The van der Waals surface area contributed by atoms with Crippen LogP contribution < -0.4 is 0 Å². The summed E-state index contributed by atoms with van der Waals surface area (Å²) in [6, 6.07) is 30.2. The molecule has 194 valence electrons. The lowest BCUT2D eigenvalue weighted by atomic mass is 9.94. The normalized spacial score (nSPS) is 9.17. The monoisotopic (exact) mass is 494 g/mol. The van der Waals surface area contributed by atoms with Crippen molar-refractivity contribution in [3.63, 3.8) is 0 Å². The number of ether oxygens (including phenoxy) is 2. The lowest BCUT2D eigenvalue weighted by Crippen LogP contribution is -2.02. The summed E-state index contributed by atoms with van der Waals surface area (Å²) in [5.41, 5.74) is 2.61. The van der Waals surface area contributed by atoms with Crippen LogP contribution in [0.15, 0.2) is 84.9 Å². The molecule has 0 bridgehead atoms. The van der Waals surface area contributed by atoms with Crippen molar-refractivity contribution in [3.8, 4) is 11.1 Å². The van der Waals surface area contributed by atoms with E-state index in [1.165, 1.54) is 46.9 Å². The van der Waals surface area contributed by atoms with Gasteiger partial charge in [-0.25, -0.2) is 9.59 Å². The van der Waals surface area contributed by atoms with Crippen molar-refractivity contribution in [2.24, 2.45) is 0 Å². The predicted octanol–water partition coefficient (Wildman–Crippen LogP) is 7.15. The minimum Gasteiger partial charge on any atom is -0.480 e. The van der Waals surface area contributed by atoms with Gasteiger partial charge in [0, 0.05) is 14.2 Å². The summed E-state index contributed by atoms with van der Waals surface area (Å²) >= 11 is 0. The maximum Gasteiger partial charge on any atom is 0.329 e. The molecule has 0 radical (unpaired) electrons. The van der Waals surface area contributed by atoms with E-state index in [9.17, 15) is 9.59 Å². The van der Waals surface area contributed by atoms with Gasteiger partial charge in [0.05, 0.1) is 0 Å². The molecule has 2 N–H and O–H groups in total. The third kappa shape index (κ3) is 11.1. The minimum atomic E-state index is -0.933. The molecular formula is C30H38O6. The minimum absolute atomic E-state index is 0.208. The lowest BCUT2D eigenvalue weighted by molar-refractivity contribution is -0.142. The molecule has 0 amide bonds. The molecule has 4 aromatic carbocycles. The summed E-state index contributed by atoms with van der Waals surface area (Å²) < 4.78 is 8.41. The third-order valence-electron chi connectivity index (χ3n) is 4.41. The fourth-order valence-electron chi connectivity index (χ4n) is 3.17. The zero-order chi connectivity index (χ0) is 27.3. The molecule has 0 aliphatic rings. The van der Waals surface area contributed by atoms with Crippen molar-refractivity contribution < 1.29 is 29.3 Å². The molecule has 4 rings (SSSR count). The Kier molecular flexibility index (Phi) is 17.5. The van der Waals surface area contributed by atoms with Crippen LogP contribution in [-0.4, -0.2) is 49.6 Å². The summed E-state index contributed by atoms with van der Waals surface area (Å²) in [6.45, 7) is 7.58. The maximum atomic E-state index is 9.47. The summed E-state index contributed by atoms with van der Waals surface area (Å²) in [4.78, 5) is 18.9. The summed E-state index contributed by atoms with van der Waals surface area (Å²) in [5.74, 6) is -1.87. The Balaban J connectivity index is 0.000000640. The zero-order valence-corrected chi connectivity index (χ0v) is 22.0. The standard InChI is InChI=1S/C20H14.2C3H6O3.2C2H6/c1-3-11-17-15(7-1)9-5-13-19(17)20-14-6-10-16-8-2-4-12-18(16)20;2*1-6-2-3(4)5;2*1-2/h1-14H;2*2H2,1H3,(H,4,5);2*1-2H3. The van der Waals surface area contributed by atoms with Crippen molar-refractivity contribution >= 4 is 33.5 Å². The molecule has 0 aliphatic carbocycles. The molecule has 0 atom stereocenters. The number of carbonyl (C=O) groups is 2. The van der Waals surface area contributed by atoms with Crippen LogP contribution in [0.3, 0.4) is 0 Å². The van der Waals surface area contributed by atoms with Crippen molar-refractivity contribution in [2.45, 2.75) is 27.7 Å². The molecule has 0 aliphatic heterocycles. The number of methoxy groups -OCH3 is 2. The number of carboxylic acid groups (broad SMARTS) is 2. The first-order chi connectivity index (χ1) is 17.5. The summed E-state index contributed by atoms with van der Waals surface area (Å²) in [5, 5.41) is 20.8. The topological polar surface area (TPSA) is 93.1 Å². The van der Waals surface area contributed by atoms with Crippen LogP contribution in [0.5, 0.6) is 0 Å². The van der Waals surface area contributed by atoms with Gasteiger partial charge in [-0.3, -0.25) is 0 Å². The number of rotatable bonds is 5. The predicted molar refractivity (Wildman–Crippen MR) is 149 cm³/mol. The van der Waals surface area contributed by atoms with Crippen LogP contribution in [0.25, 0.3) is 32.7 Å². The number of hydrogen-bond acceptors (Lipinski definition) is 4. The molecule has 0 unspecified atom stereocenters. The van der Waals surface area contributed by atoms with E-state index < -0.39 is 11.9 Å². The van der Waals surface area contributed by atoms with Gasteiger partial charge < -0.3 is 19.7 Å². The van der Waals surface area contributed by atoms with Gasteiger partial charge in [0.25, 0.3) is 0 Å². The highest BCUT2D eigenvalue weighted by molar-refractivity contribution is 6.05. The SMILES string of the molecule is CC.CC.COCC(=O)O.COCC(=O)O.c1ccc2c(-c3cccc4ccccc34)cccc2c1. The van der Waals surface area contributed by atoms with E-state index in [4.69, 9.17) is 10.2 Å². The van der Waals surface area contributed by atoms with Crippen LogP contribution in [0, 0.1) is 0 Å². The molecule has 6 heteroatoms. The maximum absolute atomic E-state index is 9.47. The van der Waals surface area contributed by atoms with Gasteiger partial charge in [0.15, 0.2) is 0 Å². The quantitative estimate of drug-likeness (QED) is 0.306. The molecule has 0 spiro atoms. The second kappa shape index (κ2) is 19.6. The van der Waals surface area contributed by atoms with E-state index in [0.29, 0.717) is 0 Å². The van der Waals surface area contributed by atoms with Gasteiger partial charge >= 0.3 is 11.9 Å². The first-order valence-electron chi connectivity index (χ1n) is 11.8. The summed E-state index contributed by atoms with van der Waals surface area (Å²) in [6.07, 6.45) is 0. The Morgan fingerprint density at radius 1 is 0.556 bits per heavy atom. The Labute approximate surface area is 214 Å². The fraction of sp³-hybridized carbons (Fsp3) is 0.267. The number of hydrogen-bond donors (Lipinski definition) is 2. The van der Waals surface area contributed by atoms with E-state index in [-0.39, 0.29) is 13.2 Å². The number of aliphatic carboxylic acids is 2. The van der Waals surface area contributed by atoms with Crippen LogP contribution in [0.2, 0.25) is 0 Å². The van der Waals surface area contributed by atoms with Crippen molar-refractivity contribution in [1.82, 2.24) is 0 Å². The molecule has 0 saturated carbocycles. The molecule has 4 aromatic rings. The average Bonchev–Trinajstić information content (AvgIpc) is 2.91. The smallest absolute Gasteiger partial charge is 0.329 e. The van der Waals surface area contributed by atoms with Crippen molar-refractivity contribution in [1.29, 1.82) is 0 Å². The summed E-state index contributed by atoms with van der Waals surface area (Å²) in [7, 11) is 2.68. The molecule has 36 heavy (non-hydrogen) atoms. The average molecular weight is 495 g/mol. The molecule has 0 fully saturated rings. The van der Waals surface area contributed by atoms with E-state index in [2.05, 4.69) is 94.4 Å². The lowest BCUT2D eigenvalue weighted by Gasteiger charge is -2.10. The number of carboxylic acids is 2. The Morgan fingerprint density at radius 3 is 1.14 bits per heavy atom. The second-order valence-corrected chi connectivity index (χ2v) is 6.71. The van der Waals surface area contributed by atoms with Crippen molar-refractivity contribution in [2.75, 3.05) is 27.4 Å². The number of benzene rings is 4. The Hall–Kier alpha value is -3.74. The Morgan fingerprint density at radius 2 is 0.861 bits per heavy atom. The third-order valence-corrected chi connectivity index (χ3v) is 4.41. The van der Waals surface area contributed by atoms with Gasteiger partial charge in [-0.2, -0.15) is 0 Å². The van der Waals surface area contributed by atoms with Gasteiger partial charge in [0.2, 0.25) is 0 Å². The largest absolute Gasteiger partial charge is 0.480 e. The van der Waals surface area contributed by atoms with E-state index in [1.54, 1.807) is 0 Å². The van der Waals surface area contributed by atoms with E-state index in [1.807, 2.05) is 27.7 Å². The molecule has 0 saturated heterocycles. The van der Waals surface area contributed by atoms with Crippen LogP contribution >= 0.6 is 0 Å². The highest BCUT2D eigenvalue weighted by Gasteiger charge is 2.06. The van der Waals surface area contributed by atoms with Gasteiger partial charge in [-0.15, -0.1) is 0 Å². The van der Waals surface area contributed by atoms with Crippen molar-refractivity contribution in [3.05, 3.63) is 84.9 Å². The van der Waals surface area contributed by atoms with E-state index >= 15 is 0 Å². The van der Waals surface area contributed by atoms with Gasteiger partial charge in [-0.05, 0) is 32.7 Å².